The summed E-state index contributed by atoms with van der Waals surface area (Å²) < 4.78 is 15.0. The highest BCUT2D eigenvalue weighted by Crippen LogP contribution is 2.23. The highest BCUT2D eigenvalue weighted by atomic mass is 32.2. The predicted molar refractivity (Wildman–Crippen MR) is 101 cm³/mol. The summed E-state index contributed by atoms with van der Waals surface area (Å²) >= 11 is 1.07. The van der Waals surface area contributed by atoms with Crippen LogP contribution < -0.4 is 11.2 Å². The molecule has 3 rings (SSSR count). The molecule has 1 heterocycles. The van der Waals surface area contributed by atoms with Gasteiger partial charge in [0.2, 0.25) is 11.1 Å². The number of carbonyl (C=O) groups excluding carboxylic acids is 2. The third kappa shape index (κ3) is 4.32. The van der Waals surface area contributed by atoms with Crippen LogP contribution in [0.1, 0.15) is 17.3 Å². The van der Waals surface area contributed by atoms with Crippen molar-refractivity contribution in [2.24, 2.45) is 0 Å². The van der Waals surface area contributed by atoms with E-state index in [0.717, 1.165) is 16.4 Å². The van der Waals surface area contributed by atoms with Crippen molar-refractivity contribution in [1.82, 2.24) is 14.9 Å². The molecule has 0 radical (unpaired) electrons. The number of nitrogens with one attached hydrogen (secondary N) is 1. The second kappa shape index (κ2) is 8.00. The summed E-state index contributed by atoms with van der Waals surface area (Å²) in [6.07, 6.45) is 0. The SMILES string of the molecule is CC(=O)c1cccc(NC(=O)CSc2nnc(-c3ccccc3F)n2N)c1. The van der Waals surface area contributed by atoms with Crippen LogP contribution in [-0.4, -0.2) is 32.3 Å². The molecule has 138 valence electrons. The number of nitrogens with two attached hydrogens (primary N) is 1. The van der Waals surface area contributed by atoms with Gasteiger partial charge in [0.25, 0.3) is 0 Å². The number of rotatable bonds is 6. The van der Waals surface area contributed by atoms with Crippen molar-refractivity contribution in [2.45, 2.75) is 12.1 Å². The Morgan fingerprint density at radius 2 is 1.96 bits per heavy atom. The van der Waals surface area contributed by atoms with Crippen molar-refractivity contribution in [1.29, 1.82) is 0 Å². The summed E-state index contributed by atoms with van der Waals surface area (Å²) in [5, 5.41) is 10.8. The fraction of sp³-hybridized carbons (Fsp3) is 0.111. The lowest BCUT2D eigenvalue weighted by molar-refractivity contribution is -0.113. The van der Waals surface area contributed by atoms with Crippen LogP contribution in [0.3, 0.4) is 0 Å². The number of aromatic nitrogens is 3. The van der Waals surface area contributed by atoms with E-state index < -0.39 is 5.82 Å². The molecule has 0 aliphatic carbocycles. The van der Waals surface area contributed by atoms with Gasteiger partial charge < -0.3 is 11.2 Å². The molecule has 0 aliphatic heterocycles. The minimum absolute atomic E-state index is 0.0247. The standard InChI is InChI=1S/C18H16FN5O2S/c1-11(25)12-5-4-6-13(9-12)21-16(26)10-27-18-23-22-17(24(18)20)14-7-2-3-8-15(14)19/h2-9H,10,20H2,1H3,(H,21,26). The number of halogens is 1. The summed E-state index contributed by atoms with van der Waals surface area (Å²) in [4.78, 5) is 23.5. The van der Waals surface area contributed by atoms with Crippen LogP contribution in [-0.2, 0) is 4.79 Å². The minimum Gasteiger partial charge on any atom is -0.335 e. The molecule has 9 heteroatoms. The first-order valence-corrected chi connectivity index (χ1v) is 8.93. The van der Waals surface area contributed by atoms with Gasteiger partial charge in [-0.2, -0.15) is 0 Å². The number of anilines is 1. The first-order chi connectivity index (χ1) is 13.0. The minimum atomic E-state index is -0.462. The van der Waals surface area contributed by atoms with Crippen LogP contribution in [0.4, 0.5) is 10.1 Å². The summed E-state index contributed by atoms with van der Waals surface area (Å²) in [6, 6.07) is 12.7. The molecule has 7 nitrogen and oxygen atoms in total. The summed E-state index contributed by atoms with van der Waals surface area (Å²) in [7, 11) is 0. The zero-order valence-corrected chi connectivity index (χ0v) is 15.2. The van der Waals surface area contributed by atoms with Gasteiger partial charge in [-0.3, -0.25) is 9.59 Å². The number of nitrogen functional groups attached to an aromatic ring is 1. The smallest absolute Gasteiger partial charge is 0.234 e. The monoisotopic (exact) mass is 385 g/mol. The van der Waals surface area contributed by atoms with Crippen molar-refractivity contribution in [3.63, 3.8) is 0 Å². The van der Waals surface area contributed by atoms with Crippen molar-refractivity contribution < 1.29 is 14.0 Å². The largest absolute Gasteiger partial charge is 0.335 e. The lowest BCUT2D eigenvalue weighted by atomic mass is 10.1. The van der Waals surface area contributed by atoms with E-state index in [9.17, 15) is 14.0 Å². The molecule has 0 fully saturated rings. The van der Waals surface area contributed by atoms with Crippen LogP contribution in [0.2, 0.25) is 0 Å². The summed E-state index contributed by atoms with van der Waals surface area (Å²) in [5.41, 5.74) is 1.26. The average molecular weight is 385 g/mol. The first kappa shape index (κ1) is 18.6. The van der Waals surface area contributed by atoms with E-state index in [4.69, 9.17) is 5.84 Å². The molecule has 3 aromatic rings. The lowest BCUT2D eigenvalue weighted by Crippen LogP contribution is -2.16. The molecule has 0 bridgehead atoms. The van der Waals surface area contributed by atoms with Gasteiger partial charge in [0, 0.05) is 11.3 Å². The number of Topliss-reactive ketones (excluding diaryl/α,β-unsaturated/α-hetero) is 1. The summed E-state index contributed by atoms with van der Waals surface area (Å²) in [5.74, 6) is 5.28. The van der Waals surface area contributed by atoms with Gasteiger partial charge in [-0.25, -0.2) is 9.07 Å². The zero-order valence-electron chi connectivity index (χ0n) is 14.3. The molecular weight excluding hydrogens is 369 g/mol. The van der Waals surface area contributed by atoms with Gasteiger partial charge in [-0.05, 0) is 31.2 Å². The van der Waals surface area contributed by atoms with Crippen LogP contribution in [0.15, 0.2) is 53.7 Å². The highest BCUT2D eigenvalue weighted by molar-refractivity contribution is 7.99. The Kier molecular flexibility index (Phi) is 5.51. The van der Waals surface area contributed by atoms with E-state index in [2.05, 4.69) is 15.5 Å². The van der Waals surface area contributed by atoms with Gasteiger partial charge in [-0.1, -0.05) is 36.0 Å². The third-order valence-corrected chi connectivity index (χ3v) is 4.61. The molecule has 0 aliphatic rings. The number of thioether (sulfide) groups is 1. The van der Waals surface area contributed by atoms with Crippen molar-refractivity contribution in [2.75, 3.05) is 16.9 Å². The van der Waals surface area contributed by atoms with E-state index in [1.54, 1.807) is 42.5 Å². The Hall–Kier alpha value is -3.20. The van der Waals surface area contributed by atoms with Crippen LogP contribution in [0, 0.1) is 5.82 Å². The highest BCUT2D eigenvalue weighted by Gasteiger charge is 2.16. The Morgan fingerprint density at radius 1 is 1.19 bits per heavy atom. The van der Waals surface area contributed by atoms with Crippen LogP contribution in [0.5, 0.6) is 0 Å². The van der Waals surface area contributed by atoms with Crippen LogP contribution in [0.25, 0.3) is 11.4 Å². The molecule has 0 saturated heterocycles. The zero-order chi connectivity index (χ0) is 19.4. The Balaban J connectivity index is 1.65. The molecule has 0 spiro atoms. The van der Waals surface area contributed by atoms with E-state index >= 15 is 0 Å². The number of benzene rings is 2. The van der Waals surface area contributed by atoms with Crippen molar-refractivity contribution in [3.05, 3.63) is 59.9 Å². The third-order valence-electron chi connectivity index (χ3n) is 3.66. The molecule has 0 saturated carbocycles. The van der Waals surface area contributed by atoms with Gasteiger partial charge >= 0.3 is 0 Å². The molecule has 2 aromatic carbocycles. The van der Waals surface area contributed by atoms with E-state index in [1.807, 2.05) is 0 Å². The van der Waals surface area contributed by atoms with Crippen molar-refractivity contribution in [3.8, 4) is 11.4 Å². The maximum absolute atomic E-state index is 13.9. The Morgan fingerprint density at radius 3 is 2.70 bits per heavy atom. The molecular formula is C18H16FN5O2S. The Bertz CT molecular complexity index is 1000. The topological polar surface area (TPSA) is 103 Å². The second-order valence-electron chi connectivity index (χ2n) is 5.63. The molecule has 1 amide bonds. The summed E-state index contributed by atoms with van der Waals surface area (Å²) in [6.45, 7) is 1.46. The van der Waals surface area contributed by atoms with E-state index in [0.29, 0.717) is 11.3 Å². The molecule has 27 heavy (non-hydrogen) atoms. The maximum atomic E-state index is 13.9. The lowest BCUT2D eigenvalue weighted by Gasteiger charge is -2.07. The number of hydrogen-bond donors (Lipinski definition) is 2. The normalized spacial score (nSPS) is 10.6. The molecule has 1 aromatic heterocycles. The number of hydrogen-bond acceptors (Lipinski definition) is 6. The predicted octanol–water partition coefficient (Wildman–Crippen LogP) is 2.73. The maximum Gasteiger partial charge on any atom is 0.234 e. The second-order valence-corrected chi connectivity index (χ2v) is 6.57. The molecule has 3 N–H and O–H groups in total. The number of carbonyl (C=O) groups is 2. The fourth-order valence-corrected chi connectivity index (χ4v) is 3.00. The average Bonchev–Trinajstić information content (AvgIpc) is 3.01. The van der Waals surface area contributed by atoms with Gasteiger partial charge in [0.05, 0.1) is 11.3 Å². The van der Waals surface area contributed by atoms with E-state index in [1.165, 1.54) is 13.0 Å². The van der Waals surface area contributed by atoms with E-state index in [-0.39, 0.29) is 34.0 Å². The van der Waals surface area contributed by atoms with Crippen molar-refractivity contribution >= 4 is 29.1 Å². The number of nitrogens with zero attached hydrogens (tertiary/aromatic N) is 3. The first-order valence-electron chi connectivity index (χ1n) is 7.94. The fourth-order valence-electron chi connectivity index (χ4n) is 2.34. The molecule has 0 unspecified atom stereocenters. The van der Waals surface area contributed by atoms with Gasteiger partial charge in [-0.15, -0.1) is 10.2 Å². The van der Waals surface area contributed by atoms with Gasteiger partial charge in [0.1, 0.15) is 5.82 Å². The van der Waals surface area contributed by atoms with Gasteiger partial charge in [0.15, 0.2) is 11.6 Å². The number of ketones is 1. The molecule has 0 atom stereocenters. The quantitative estimate of drug-likeness (QED) is 0.384. The number of amides is 1. The van der Waals surface area contributed by atoms with Crippen LogP contribution >= 0.6 is 11.8 Å². The Labute approximate surface area is 158 Å².